The van der Waals surface area contributed by atoms with E-state index in [0.29, 0.717) is 13.2 Å². The van der Waals surface area contributed by atoms with Crippen molar-refractivity contribution in [2.75, 3.05) is 32.5 Å². The van der Waals surface area contributed by atoms with E-state index in [0.717, 1.165) is 18.7 Å². The van der Waals surface area contributed by atoms with Gasteiger partial charge in [-0.1, -0.05) is 18.2 Å². The fourth-order valence-electron chi connectivity index (χ4n) is 1.55. The van der Waals surface area contributed by atoms with Crippen LogP contribution < -0.4 is 0 Å². The second-order valence-corrected chi connectivity index (χ2v) is 5.23. The number of benzene rings is 1. The van der Waals surface area contributed by atoms with Crippen molar-refractivity contribution in [3.05, 3.63) is 30.3 Å². The molecule has 18 heavy (non-hydrogen) atoms. The maximum atomic E-state index is 11.2. The van der Waals surface area contributed by atoms with Gasteiger partial charge in [-0.3, -0.25) is 9.69 Å². The molecular formula is C14H21NO2S. The first-order chi connectivity index (χ1) is 8.72. The quantitative estimate of drug-likeness (QED) is 0.411. The van der Waals surface area contributed by atoms with Gasteiger partial charge in [0.25, 0.3) is 0 Å². The number of thioether (sulfide) groups is 1. The topological polar surface area (TPSA) is 29.5 Å². The van der Waals surface area contributed by atoms with E-state index >= 15 is 0 Å². The number of carbonyl (C=O) groups excluding carboxylic acids is 1. The Morgan fingerprint density at radius 2 is 2.06 bits per heavy atom. The Morgan fingerprint density at radius 1 is 1.33 bits per heavy atom. The maximum Gasteiger partial charge on any atom is 0.320 e. The highest BCUT2D eigenvalue weighted by Gasteiger charge is 2.06. The minimum absolute atomic E-state index is 0.143. The molecule has 3 nitrogen and oxygen atoms in total. The molecule has 100 valence electrons. The number of nitrogens with zero attached hydrogens (tertiary/aromatic N) is 1. The average molecular weight is 267 g/mol. The van der Waals surface area contributed by atoms with Gasteiger partial charge in [0.2, 0.25) is 0 Å². The first kappa shape index (κ1) is 15.1. The molecule has 0 N–H and O–H groups in total. The van der Waals surface area contributed by atoms with Gasteiger partial charge in [0.15, 0.2) is 0 Å². The van der Waals surface area contributed by atoms with Crippen molar-refractivity contribution in [1.82, 2.24) is 4.90 Å². The van der Waals surface area contributed by atoms with Crippen molar-refractivity contribution in [3.8, 4) is 0 Å². The lowest BCUT2D eigenvalue weighted by Crippen LogP contribution is -2.28. The molecular weight excluding hydrogens is 246 g/mol. The molecule has 0 fully saturated rings. The smallest absolute Gasteiger partial charge is 0.320 e. The van der Waals surface area contributed by atoms with Gasteiger partial charge < -0.3 is 4.74 Å². The van der Waals surface area contributed by atoms with Crippen LogP contribution in [-0.2, 0) is 9.53 Å². The van der Waals surface area contributed by atoms with Gasteiger partial charge in [-0.15, -0.1) is 11.8 Å². The Balaban J connectivity index is 2.09. The van der Waals surface area contributed by atoms with E-state index in [4.69, 9.17) is 4.74 Å². The Hall–Kier alpha value is -1.00. The van der Waals surface area contributed by atoms with Gasteiger partial charge in [0.05, 0.1) is 13.2 Å². The molecule has 0 unspecified atom stereocenters. The summed E-state index contributed by atoms with van der Waals surface area (Å²) in [4.78, 5) is 14.5. The van der Waals surface area contributed by atoms with Crippen LogP contribution in [-0.4, -0.2) is 43.4 Å². The van der Waals surface area contributed by atoms with Crippen LogP contribution >= 0.6 is 11.8 Å². The molecule has 0 aliphatic heterocycles. The van der Waals surface area contributed by atoms with E-state index in [1.165, 1.54) is 4.90 Å². The summed E-state index contributed by atoms with van der Waals surface area (Å²) in [5.74, 6) is 0.924. The summed E-state index contributed by atoms with van der Waals surface area (Å²) in [7, 11) is 1.95. The summed E-state index contributed by atoms with van der Waals surface area (Å²) in [5.41, 5.74) is 0. The standard InChI is InChI=1S/C14H21NO2S/c1-3-17-14(16)12-15(2)10-7-11-18-13-8-5-4-6-9-13/h4-6,8-9H,3,7,10-12H2,1-2H3. The van der Waals surface area contributed by atoms with Crippen molar-refractivity contribution in [1.29, 1.82) is 0 Å². The summed E-state index contributed by atoms with van der Waals surface area (Å²) in [6, 6.07) is 10.4. The van der Waals surface area contributed by atoms with Crippen molar-refractivity contribution in [2.24, 2.45) is 0 Å². The van der Waals surface area contributed by atoms with Crippen LogP contribution in [0.3, 0.4) is 0 Å². The predicted octanol–water partition coefficient (Wildman–Crippen LogP) is 2.66. The summed E-state index contributed by atoms with van der Waals surface area (Å²) < 4.78 is 4.90. The van der Waals surface area contributed by atoms with Gasteiger partial charge in [-0.05, 0) is 44.8 Å². The molecule has 0 atom stereocenters. The lowest BCUT2D eigenvalue weighted by atomic mass is 10.4. The van der Waals surface area contributed by atoms with Crippen molar-refractivity contribution in [3.63, 3.8) is 0 Å². The maximum absolute atomic E-state index is 11.2. The van der Waals surface area contributed by atoms with Crippen molar-refractivity contribution < 1.29 is 9.53 Å². The molecule has 0 radical (unpaired) electrons. The molecule has 0 saturated heterocycles. The third-order valence-corrected chi connectivity index (χ3v) is 3.50. The van der Waals surface area contributed by atoms with E-state index in [-0.39, 0.29) is 5.97 Å². The van der Waals surface area contributed by atoms with Gasteiger partial charge in [0, 0.05) is 4.90 Å². The molecule has 0 bridgehead atoms. The monoisotopic (exact) mass is 267 g/mol. The Kier molecular flexibility index (Phi) is 7.53. The lowest BCUT2D eigenvalue weighted by Gasteiger charge is -2.15. The van der Waals surface area contributed by atoms with Gasteiger partial charge in [0.1, 0.15) is 0 Å². The molecule has 0 aromatic heterocycles. The normalized spacial score (nSPS) is 10.6. The zero-order chi connectivity index (χ0) is 13.2. The fraction of sp³-hybridized carbons (Fsp3) is 0.500. The van der Waals surface area contributed by atoms with E-state index in [9.17, 15) is 4.79 Å². The third kappa shape index (κ3) is 6.67. The molecule has 0 saturated carbocycles. The number of rotatable bonds is 8. The molecule has 1 aromatic carbocycles. The predicted molar refractivity (Wildman–Crippen MR) is 75.9 cm³/mol. The molecule has 0 aliphatic carbocycles. The Bertz CT molecular complexity index is 343. The number of ether oxygens (including phenoxy) is 1. The second kappa shape index (κ2) is 9.00. The highest BCUT2D eigenvalue weighted by Crippen LogP contribution is 2.17. The van der Waals surface area contributed by atoms with E-state index < -0.39 is 0 Å². The van der Waals surface area contributed by atoms with Crippen LogP contribution in [0.4, 0.5) is 0 Å². The minimum atomic E-state index is -0.143. The Morgan fingerprint density at radius 3 is 2.72 bits per heavy atom. The summed E-state index contributed by atoms with van der Waals surface area (Å²) in [5, 5.41) is 0. The van der Waals surface area contributed by atoms with Crippen LogP contribution in [0.15, 0.2) is 35.2 Å². The number of esters is 1. The summed E-state index contributed by atoms with van der Waals surface area (Å²) >= 11 is 1.85. The second-order valence-electron chi connectivity index (χ2n) is 4.06. The molecule has 0 aliphatic rings. The Labute approximate surface area is 114 Å². The minimum Gasteiger partial charge on any atom is -0.465 e. The third-order valence-electron chi connectivity index (χ3n) is 2.40. The molecule has 0 heterocycles. The number of likely N-dealkylation sites (N-methyl/N-ethyl adjacent to an activating group) is 1. The first-order valence-corrected chi connectivity index (χ1v) is 7.23. The van der Waals surface area contributed by atoms with Gasteiger partial charge >= 0.3 is 5.97 Å². The molecule has 4 heteroatoms. The highest BCUT2D eigenvalue weighted by atomic mass is 32.2. The van der Waals surface area contributed by atoms with Crippen LogP contribution in [0.1, 0.15) is 13.3 Å². The number of carbonyl (C=O) groups is 1. The average Bonchev–Trinajstić information content (AvgIpc) is 2.36. The van der Waals surface area contributed by atoms with E-state index in [2.05, 4.69) is 24.3 Å². The van der Waals surface area contributed by atoms with Crippen LogP contribution in [0.5, 0.6) is 0 Å². The molecule has 1 rings (SSSR count). The van der Waals surface area contributed by atoms with E-state index in [1.807, 2.05) is 36.7 Å². The van der Waals surface area contributed by atoms with E-state index in [1.54, 1.807) is 0 Å². The SMILES string of the molecule is CCOC(=O)CN(C)CCCSc1ccccc1. The number of hydrogen-bond donors (Lipinski definition) is 0. The lowest BCUT2D eigenvalue weighted by molar-refractivity contribution is -0.144. The van der Waals surface area contributed by atoms with Crippen molar-refractivity contribution >= 4 is 17.7 Å². The van der Waals surface area contributed by atoms with Crippen LogP contribution in [0.2, 0.25) is 0 Å². The van der Waals surface area contributed by atoms with Gasteiger partial charge in [-0.25, -0.2) is 0 Å². The van der Waals surface area contributed by atoms with Gasteiger partial charge in [-0.2, -0.15) is 0 Å². The summed E-state index contributed by atoms with van der Waals surface area (Å²) in [6.45, 7) is 3.58. The molecule has 1 aromatic rings. The molecule has 0 spiro atoms. The first-order valence-electron chi connectivity index (χ1n) is 6.24. The van der Waals surface area contributed by atoms with Crippen LogP contribution in [0.25, 0.3) is 0 Å². The molecule has 0 amide bonds. The van der Waals surface area contributed by atoms with Crippen LogP contribution in [0, 0.1) is 0 Å². The highest BCUT2D eigenvalue weighted by molar-refractivity contribution is 7.99. The largest absolute Gasteiger partial charge is 0.465 e. The summed E-state index contributed by atoms with van der Waals surface area (Å²) in [6.07, 6.45) is 1.06. The van der Waals surface area contributed by atoms with Crippen molar-refractivity contribution in [2.45, 2.75) is 18.2 Å². The zero-order valence-corrected chi connectivity index (χ0v) is 11.9. The zero-order valence-electron chi connectivity index (χ0n) is 11.1. The number of hydrogen-bond acceptors (Lipinski definition) is 4. The fourth-order valence-corrected chi connectivity index (χ4v) is 2.41.